The number of amides is 3. The van der Waals surface area contributed by atoms with Gasteiger partial charge in [-0.3, -0.25) is 14.4 Å². The summed E-state index contributed by atoms with van der Waals surface area (Å²) in [6.45, 7) is 5.00. The molecule has 1 heterocycles. The van der Waals surface area contributed by atoms with Crippen LogP contribution >= 0.6 is 11.6 Å². The van der Waals surface area contributed by atoms with E-state index >= 15 is 0 Å². The van der Waals surface area contributed by atoms with Crippen molar-refractivity contribution < 1.29 is 71.2 Å². The van der Waals surface area contributed by atoms with E-state index in [1.807, 2.05) is 19.9 Å². The zero-order valence-corrected chi connectivity index (χ0v) is 29.3. The van der Waals surface area contributed by atoms with Crippen LogP contribution in [0.1, 0.15) is 77.7 Å². The Kier molecular flexibility index (Phi) is 14.9. The van der Waals surface area contributed by atoms with E-state index in [-0.39, 0.29) is 60.8 Å². The van der Waals surface area contributed by atoms with E-state index in [2.05, 4.69) is 16.0 Å². The fourth-order valence-electron chi connectivity index (χ4n) is 5.61. The predicted octanol–water partition coefficient (Wildman–Crippen LogP) is 0.132. The molecule has 1 aliphatic heterocycles. The Bertz CT molecular complexity index is 1270. The third kappa shape index (κ3) is 11.8. The number of nitrogens with one attached hydrogen (secondary N) is 3. The number of ether oxygens (including phenoxy) is 2. The minimum absolute atomic E-state index is 0. The largest absolute Gasteiger partial charge is 1.00 e. The molecule has 1 unspecified atom stereocenters. The Hall–Kier alpha value is -1.90. The van der Waals surface area contributed by atoms with Crippen molar-refractivity contribution in [1.82, 2.24) is 16.0 Å². The molecule has 1 aromatic rings. The smallest absolute Gasteiger partial charge is 0.745 e. The number of esters is 1. The summed E-state index contributed by atoms with van der Waals surface area (Å²) in [5.41, 5.74) is -2.02. The van der Waals surface area contributed by atoms with Crippen molar-refractivity contribution in [2.24, 2.45) is 11.8 Å². The molecule has 3 N–H and O–H groups in total. The van der Waals surface area contributed by atoms with E-state index in [0.29, 0.717) is 18.0 Å². The molecule has 0 spiro atoms. The quantitative estimate of drug-likeness (QED) is 0.150. The van der Waals surface area contributed by atoms with E-state index in [4.69, 9.17) is 21.1 Å². The molecular formula is C29H41ClN3NaO9S. The van der Waals surface area contributed by atoms with Crippen molar-refractivity contribution in [3.8, 4) is 0 Å². The molecule has 4 atom stereocenters. The molecule has 240 valence electrons. The van der Waals surface area contributed by atoms with Crippen LogP contribution in [0.3, 0.4) is 0 Å². The monoisotopic (exact) mass is 665 g/mol. The van der Waals surface area contributed by atoms with Gasteiger partial charge in [0.1, 0.15) is 22.8 Å². The molecule has 0 aromatic heterocycles. The Morgan fingerprint density at radius 1 is 1.11 bits per heavy atom. The standard InChI is InChI=1S/C29H42ClN3O9S.Na/c1-18(34)42-27(43(38,39)40)24(15-20-12-13-31-25(20)35)32-26(36)23(14-19-8-5-4-6-9-19)33-28(37)41-17-29(2,3)21-10-7-11-22(30)16-21;/h7,10-11,16,19-20,23-24,27H,4-6,8-9,12-15,17H2,1-3H3,(H,31,35)(H,32,36)(H,33,37)(H,38,39,40);/q;+1/p-1/t20-,23-,24-,27?;/m0./s1. The number of benzene rings is 1. The van der Waals surface area contributed by atoms with Crippen molar-refractivity contribution >= 4 is 45.6 Å². The van der Waals surface area contributed by atoms with Crippen LogP contribution in [0.15, 0.2) is 24.3 Å². The average molecular weight is 666 g/mol. The van der Waals surface area contributed by atoms with Gasteiger partial charge in [0.05, 0.1) is 6.04 Å². The van der Waals surface area contributed by atoms with E-state index < -0.39 is 56.9 Å². The topological polar surface area (TPSA) is 180 Å². The maximum Gasteiger partial charge on any atom is 1.00 e. The number of carbonyl (C=O) groups excluding carboxylic acids is 4. The summed E-state index contributed by atoms with van der Waals surface area (Å²) in [7, 11) is -5.26. The molecular weight excluding hydrogens is 625 g/mol. The molecule has 0 radical (unpaired) electrons. The van der Waals surface area contributed by atoms with Crippen LogP contribution in [0.2, 0.25) is 5.02 Å². The van der Waals surface area contributed by atoms with E-state index in [9.17, 15) is 32.1 Å². The van der Waals surface area contributed by atoms with Crippen LogP contribution in [0.4, 0.5) is 4.79 Å². The van der Waals surface area contributed by atoms with Gasteiger partial charge in [0.15, 0.2) is 0 Å². The first-order valence-corrected chi connectivity index (χ1v) is 16.4. The fourth-order valence-corrected chi connectivity index (χ4v) is 6.64. The minimum atomic E-state index is -5.26. The number of carbonyl (C=O) groups is 4. The molecule has 44 heavy (non-hydrogen) atoms. The number of halogens is 1. The molecule has 1 aromatic carbocycles. The molecule has 3 amide bonds. The Morgan fingerprint density at radius 2 is 1.80 bits per heavy atom. The molecule has 2 fully saturated rings. The number of hydrogen-bond acceptors (Lipinski definition) is 9. The second-order valence-corrected chi connectivity index (χ2v) is 13.9. The maximum atomic E-state index is 13.7. The van der Waals surface area contributed by atoms with Gasteiger partial charge in [0.25, 0.3) is 0 Å². The zero-order chi connectivity index (χ0) is 31.8. The van der Waals surface area contributed by atoms with Crippen LogP contribution < -0.4 is 45.5 Å². The minimum Gasteiger partial charge on any atom is -0.745 e. The summed E-state index contributed by atoms with van der Waals surface area (Å²) in [6, 6.07) is 4.50. The zero-order valence-electron chi connectivity index (χ0n) is 25.7. The summed E-state index contributed by atoms with van der Waals surface area (Å²) in [4.78, 5) is 50.6. The summed E-state index contributed by atoms with van der Waals surface area (Å²) in [6.07, 6.45) is 4.18. The number of hydrogen-bond donors (Lipinski definition) is 3. The van der Waals surface area contributed by atoms with Gasteiger partial charge >= 0.3 is 41.6 Å². The van der Waals surface area contributed by atoms with Gasteiger partial charge in [-0.15, -0.1) is 0 Å². The third-order valence-electron chi connectivity index (χ3n) is 8.00. The van der Waals surface area contributed by atoms with E-state index in [1.165, 1.54) is 0 Å². The van der Waals surface area contributed by atoms with Gasteiger partial charge in [0.2, 0.25) is 17.3 Å². The van der Waals surface area contributed by atoms with Gasteiger partial charge in [-0.2, -0.15) is 0 Å². The first kappa shape index (κ1) is 38.3. The Morgan fingerprint density at radius 3 is 2.36 bits per heavy atom. The van der Waals surface area contributed by atoms with Crippen molar-refractivity contribution in [2.75, 3.05) is 13.2 Å². The molecule has 12 nitrogen and oxygen atoms in total. The van der Waals surface area contributed by atoms with Crippen molar-refractivity contribution in [3.05, 3.63) is 34.9 Å². The van der Waals surface area contributed by atoms with E-state index in [0.717, 1.165) is 44.6 Å². The van der Waals surface area contributed by atoms with Gasteiger partial charge < -0.3 is 30.0 Å². The second-order valence-electron chi connectivity index (χ2n) is 12.0. The fraction of sp³-hybridized carbons (Fsp3) is 0.655. The molecule has 15 heteroatoms. The van der Waals surface area contributed by atoms with Gasteiger partial charge in [0, 0.05) is 29.8 Å². The van der Waals surface area contributed by atoms with Crippen molar-refractivity contribution in [1.29, 1.82) is 0 Å². The van der Waals surface area contributed by atoms with Gasteiger partial charge in [-0.1, -0.05) is 69.7 Å². The van der Waals surface area contributed by atoms with Crippen molar-refractivity contribution in [3.63, 3.8) is 0 Å². The summed E-state index contributed by atoms with van der Waals surface area (Å²) >= 11 is 6.12. The van der Waals surface area contributed by atoms with Crippen LogP contribution in [-0.4, -0.2) is 67.5 Å². The first-order valence-electron chi connectivity index (χ1n) is 14.5. The second kappa shape index (κ2) is 17.1. The summed E-state index contributed by atoms with van der Waals surface area (Å²) in [5.74, 6) is -2.79. The normalized spacial score (nSPS) is 19.5. The molecule has 2 aliphatic rings. The molecule has 1 saturated heterocycles. The van der Waals surface area contributed by atoms with Gasteiger partial charge in [-0.25, -0.2) is 13.2 Å². The summed E-state index contributed by atoms with van der Waals surface area (Å²) in [5, 5.41) is 8.29. The third-order valence-corrected chi connectivity index (χ3v) is 9.23. The first-order chi connectivity index (χ1) is 20.2. The summed E-state index contributed by atoms with van der Waals surface area (Å²) < 4.78 is 46.8. The Labute approximate surface area is 286 Å². The molecule has 1 saturated carbocycles. The number of alkyl carbamates (subject to hydrolysis) is 1. The van der Waals surface area contributed by atoms with Crippen LogP contribution in [0.5, 0.6) is 0 Å². The predicted molar refractivity (Wildman–Crippen MR) is 157 cm³/mol. The van der Waals surface area contributed by atoms with Crippen LogP contribution in [-0.2, 0) is 39.4 Å². The van der Waals surface area contributed by atoms with Crippen molar-refractivity contribution in [2.45, 2.75) is 95.1 Å². The SMILES string of the molecule is CC(=O)OC([C@H](C[C@@H]1CCNC1=O)NC(=O)[C@H](CC1CCCCC1)NC(=O)OCC(C)(C)c1cccc(Cl)c1)S(=O)(=O)[O-].[Na+]. The van der Waals surface area contributed by atoms with Crippen LogP contribution in [0.25, 0.3) is 0 Å². The molecule has 1 aliphatic carbocycles. The average Bonchev–Trinajstić information content (AvgIpc) is 3.33. The maximum absolute atomic E-state index is 13.7. The van der Waals surface area contributed by atoms with E-state index in [1.54, 1.807) is 18.2 Å². The van der Waals surface area contributed by atoms with Crippen LogP contribution in [0, 0.1) is 11.8 Å². The van der Waals surface area contributed by atoms with Gasteiger partial charge in [-0.05, 0) is 42.9 Å². The number of rotatable bonds is 13. The molecule has 0 bridgehead atoms. The molecule has 3 rings (SSSR count). The Balaban J connectivity index is 0.00000675.